The highest BCUT2D eigenvalue weighted by Gasteiger charge is 2.37. The van der Waals surface area contributed by atoms with Crippen molar-refractivity contribution >= 4 is 10.8 Å². The van der Waals surface area contributed by atoms with Gasteiger partial charge >= 0.3 is 0 Å². The van der Waals surface area contributed by atoms with Gasteiger partial charge in [-0.25, -0.2) is 9.97 Å². The molecule has 0 radical (unpaired) electrons. The van der Waals surface area contributed by atoms with Gasteiger partial charge in [0.25, 0.3) is 0 Å². The minimum absolute atomic E-state index is 0.137. The number of benzene rings is 5. The lowest BCUT2D eigenvalue weighted by Gasteiger charge is -2.23. The Morgan fingerprint density at radius 2 is 1.19 bits per heavy atom. The van der Waals surface area contributed by atoms with E-state index < -0.39 is 0 Å². The summed E-state index contributed by atoms with van der Waals surface area (Å²) >= 11 is 0. The van der Waals surface area contributed by atoms with Crippen molar-refractivity contribution < 1.29 is 0 Å². The fourth-order valence-electron chi connectivity index (χ4n) is 6.59. The van der Waals surface area contributed by atoms with E-state index in [-0.39, 0.29) is 5.41 Å². The monoisotopic (exact) mass is 551 g/mol. The van der Waals surface area contributed by atoms with Gasteiger partial charge in [-0.2, -0.15) is 0 Å². The first-order chi connectivity index (χ1) is 21.1. The molecular weight excluding hydrogens is 522 g/mol. The first-order valence-corrected chi connectivity index (χ1v) is 14.7. The van der Waals surface area contributed by atoms with E-state index in [9.17, 15) is 0 Å². The summed E-state index contributed by atoms with van der Waals surface area (Å²) < 4.78 is 0. The van der Waals surface area contributed by atoms with Gasteiger partial charge in [0.1, 0.15) is 0 Å². The maximum Gasteiger partial charge on any atom is 0.160 e. The molecule has 0 bridgehead atoms. The molecule has 7 aromatic rings. The first kappa shape index (κ1) is 25.3. The van der Waals surface area contributed by atoms with Crippen molar-refractivity contribution in [3.63, 3.8) is 0 Å². The quantitative estimate of drug-likeness (QED) is 0.218. The van der Waals surface area contributed by atoms with Crippen molar-refractivity contribution in [3.05, 3.63) is 151 Å². The van der Waals surface area contributed by atoms with E-state index in [1.54, 1.807) is 6.20 Å². The summed E-state index contributed by atoms with van der Waals surface area (Å²) in [5, 5.41) is 2.61. The van der Waals surface area contributed by atoms with Gasteiger partial charge in [-0.1, -0.05) is 123 Å². The molecule has 0 saturated carbocycles. The van der Waals surface area contributed by atoms with E-state index in [4.69, 9.17) is 9.97 Å². The Kier molecular flexibility index (Phi) is 5.80. The third kappa shape index (κ3) is 4.24. The zero-order valence-corrected chi connectivity index (χ0v) is 24.1. The van der Waals surface area contributed by atoms with Crippen LogP contribution >= 0.6 is 0 Å². The normalized spacial score (nSPS) is 13.1. The molecule has 0 spiro atoms. The average Bonchev–Trinajstić information content (AvgIpc) is 3.31. The van der Waals surface area contributed by atoms with Crippen LogP contribution in [0.4, 0.5) is 0 Å². The van der Waals surface area contributed by atoms with Crippen LogP contribution in [0.25, 0.3) is 66.9 Å². The van der Waals surface area contributed by atoms with Crippen LogP contribution in [-0.2, 0) is 5.41 Å². The second-order valence-corrected chi connectivity index (χ2v) is 11.7. The van der Waals surface area contributed by atoms with E-state index >= 15 is 0 Å². The van der Waals surface area contributed by atoms with E-state index in [1.807, 2.05) is 30.5 Å². The number of aromatic nitrogens is 3. The minimum Gasteiger partial charge on any atom is -0.264 e. The summed E-state index contributed by atoms with van der Waals surface area (Å²) in [6.07, 6.45) is 3.69. The van der Waals surface area contributed by atoms with E-state index in [0.717, 1.165) is 45.0 Å². The molecule has 204 valence electrons. The molecule has 0 amide bonds. The summed E-state index contributed by atoms with van der Waals surface area (Å²) in [5.74, 6) is 0.721. The molecule has 0 unspecified atom stereocenters. The van der Waals surface area contributed by atoms with Crippen molar-refractivity contribution in [2.45, 2.75) is 19.3 Å². The van der Waals surface area contributed by atoms with Gasteiger partial charge in [-0.15, -0.1) is 0 Å². The Bertz CT molecular complexity index is 2130. The fourth-order valence-corrected chi connectivity index (χ4v) is 6.59. The molecule has 8 rings (SSSR count). The van der Waals surface area contributed by atoms with Crippen molar-refractivity contribution in [2.75, 3.05) is 0 Å². The van der Waals surface area contributed by atoms with Crippen molar-refractivity contribution in [2.24, 2.45) is 0 Å². The van der Waals surface area contributed by atoms with Gasteiger partial charge in [0, 0.05) is 34.5 Å². The van der Waals surface area contributed by atoms with Gasteiger partial charge in [0.05, 0.1) is 11.4 Å². The molecule has 3 nitrogen and oxygen atoms in total. The zero-order valence-electron chi connectivity index (χ0n) is 24.1. The Balaban J connectivity index is 1.26. The van der Waals surface area contributed by atoms with E-state index in [1.165, 1.54) is 33.0 Å². The molecule has 0 aliphatic heterocycles. The predicted molar refractivity (Wildman–Crippen MR) is 177 cm³/mol. The highest BCUT2D eigenvalue weighted by molar-refractivity contribution is 5.98. The van der Waals surface area contributed by atoms with Crippen LogP contribution in [0.15, 0.2) is 140 Å². The molecule has 3 heteroatoms. The maximum atomic E-state index is 5.12. The van der Waals surface area contributed by atoms with Crippen LogP contribution < -0.4 is 0 Å². The van der Waals surface area contributed by atoms with Crippen LogP contribution in [0.5, 0.6) is 0 Å². The minimum atomic E-state index is -0.137. The first-order valence-electron chi connectivity index (χ1n) is 14.7. The lowest BCUT2D eigenvalue weighted by molar-refractivity contribution is 0.666. The second-order valence-electron chi connectivity index (χ2n) is 11.7. The van der Waals surface area contributed by atoms with Crippen LogP contribution in [0.2, 0.25) is 0 Å². The van der Waals surface area contributed by atoms with Crippen LogP contribution in [0.1, 0.15) is 25.0 Å². The molecule has 0 fully saturated rings. The third-order valence-corrected chi connectivity index (χ3v) is 8.77. The summed E-state index contributed by atoms with van der Waals surface area (Å²) in [6, 6.07) is 45.0. The maximum absolute atomic E-state index is 5.12. The van der Waals surface area contributed by atoms with Gasteiger partial charge in [0.2, 0.25) is 0 Å². The number of fused-ring (bicyclic) bond motifs is 5. The van der Waals surface area contributed by atoms with Gasteiger partial charge < -0.3 is 0 Å². The van der Waals surface area contributed by atoms with Gasteiger partial charge in [0.15, 0.2) is 5.82 Å². The van der Waals surface area contributed by atoms with E-state index in [2.05, 4.69) is 122 Å². The van der Waals surface area contributed by atoms with Crippen molar-refractivity contribution in [1.29, 1.82) is 0 Å². The lowest BCUT2D eigenvalue weighted by Crippen LogP contribution is -2.15. The lowest BCUT2D eigenvalue weighted by atomic mass is 9.80. The van der Waals surface area contributed by atoms with Crippen LogP contribution in [-0.4, -0.2) is 15.0 Å². The summed E-state index contributed by atoms with van der Waals surface area (Å²) in [4.78, 5) is 14.4. The highest BCUT2D eigenvalue weighted by atomic mass is 14.9. The molecule has 1 aliphatic rings. The molecule has 2 aromatic heterocycles. The molecule has 2 heterocycles. The Hall–Kier alpha value is -5.41. The molecule has 1 aliphatic carbocycles. The van der Waals surface area contributed by atoms with E-state index in [0.29, 0.717) is 0 Å². The number of hydrogen-bond donors (Lipinski definition) is 0. The number of nitrogens with zero attached hydrogens (tertiary/aromatic N) is 3. The van der Waals surface area contributed by atoms with Crippen LogP contribution in [0, 0.1) is 0 Å². The summed E-state index contributed by atoms with van der Waals surface area (Å²) in [5.41, 5.74) is 12.4. The Morgan fingerprint density at radius 1 is 0.512 bits per heavy atom. The molecular formula is C40H29N3. The van der Waals surface area contributed by atoms with Gasteiger partial charge in [-0.3, -0.25) is 4.98 Å². The summed E-state index contributed by atoms with van der Waals surface area (Å²) in [7, 11) is 0. The molecule has 0 saturated heterocycles. The second kappa shape index (κ2) is 9.85. The molecule has 0 atom stereocenters. The number of hydrogen-bond acceptors (Lipinski definition) is 3. The fraction of sp³-hybridized carbons (Fsp3) is 0.0750. The highest BCUT2D eigenvalue weighted by Crippen LogP contribution is 2.52. The Labute approximate surface area is 251 Å². The number of pyridine rings is 1. The average molecular weight is 552 g/mol. The smallest absolute Gasteiger partial charge is 0.160 e. The molecule has 43 heavy (non-hydrogen) atoms. The predicted octanol–water partition coefficient (Wildman–Crippen LogP) is 10.00. The molecule has 5 aromatic carbocycles. The van der Waals surface area contributed by atoms with Crippen molar-refractivity contribution in [1.82, 2.24) is 15.0 Å². The summed E-state index contributed by atoms with van der Waals surface area (Å²) in [6.45, 7) is 4.69. The van der Waals surface area contributed by atoms with Crippen LogP contribution in [0.3, 0.4) is 0 Å². The third-order valence-electron chi connectivity index (χ3n) is 8.77. The molecule has 0 N–H and O–H groups in total. The SMILES string of the molecule is CC1(C)c2cc(-c3cc(-c4ccc(-c5cccnc5)cc4)nc(-c4ccccc4)n3)ccc2-c2ccc3ccccc3c21. The zero-order chi connectivity index (χ0) is 29.0. The standard InChI is InChI=1S/C40H29N3/c1-40(2)35-23-30(19-20-33(35)34-21-18-27-9-6-7-13-32(27)38(34)40)37-24-36(42-39(43-37)29-10-4-3-5-11-29)28-16-14-26(15-17-28)31-12-8-22-41-25-31/h3-25H,1-2H3. The number of rotatable bonds is 4. The largest absolute Gasteiger partial charge is 0.264 e. The topological polar surface area (TPSA) is 38.7 Å². The van der Waals surface area contributed by atoms with Crippen molar-refractivity contribution in [3.8, 4) is 56.2 Å². The Morgan fingerprint density at radius 3 is 1.98 bits per heavy atom. The van der Waals surface area contributed by atoms with Gasteiger partial charge in [-0.05, 0) is 62.4 Å².